The summed E-state index contributed by atoms with van der Waals surface area (Å²) in [5.74, 6) is 0. The largest absolute Gasteiger partial charge is 0.380 e. The van der Waals surface area contributed by atoms with Gasteiger partial charge in [0.1, 0.15) is 0 Å². The van der Waals surface area contributed by atoms with Crippen molar-refractivity contribution in [3.05, 3.63) is 0 Å². The molecule has 122 valence electrons. The number of hydrogen-bond donors (Lipinski definition) is 1. The van der Waals surface area contributed by atoms with Crippen LogP contribution in [0.25, 0.3) is 0 Å². The van der Waals surface area contributed by atoms with E-state index in [1.54, 1.807) is 0 Å². The standard InChI is InChI=1S/C18H39NO/c1-5-8-9-10-11-12-13-14-16-17(19-7-3)18(20-4)15-6-2/h17-19H,5-16H2,1-4H3. The minimum absolute atomic E-state index is 0.393. The molecule has 0 aromatic carbocycles. The molecule has 0 spiro atoms. The maximum Gasteiger partial charge on any atom is 0.0724 e. The van der Waals surface area contributed by atoms with E-state index < -0.39 is 0 Å². The Balaban J connectivity index is 3.69. The normalized spacial score (nSPS) is 14.4. The van der Waals surface area contributed by atoms with Crippen molar-refractivity contribution in [2.45, 2.75) is 104 Å². The van der Waals surface area contributed by atoms with Gasteiger partial charge in [0.05, 0.1) is 6.10 Å². The first-order chi connectivity index (χ1) is 9.79. The van der Waals surface area contributed by atoms with Crippen LogP contribution in [-0.2, 0) is 4.74 Å². The molecule has 0 radical (unpaired) electrons. The molecule has 0 bridgehead atoms. The fraction of sp³-hybridized carbons (Fsp3) is 1.00. The summed E-state index contributed by atoms with van der Waals surface area (Å²) in [6.45, 7) is 7.76. The Morgan fingerprint density at radius 3 is 1.85 bits per heavy atom. The Bertz CT molecular complexity index is 184. The Kier molecular flexibility index (Phi) is 15.3. The molecule has 0 aliphatic heterocycles. The van der Waals surface area contributed by atoms with Crippen molar-refractivity contribution in [3.8, 4) is 0 Å². The summed E-state index contributed by atoms with van der Waals surface area (Å²) in [4.78, 5) is 0. The fourth-order valence-corrected chi connectivity index (χ4v) is 2.95. The van der Waals surface area contributed by atoms with Crippen molar-refractivity contribution < 1.29 is 4.74 Å². The number of methoxy groups -OCH3 is 1. The van der Waals surface area contributed by atoms with E-state index >= 15 is 0 Å². The van der Waals surface area contributed by atoms with Crippen molar-refractivity contribution in [1.29, 1.82) is 0 Å². The van der Waals surface area contributed by atoms with Crippen LogP contribution in [0.1, 0.15) is 91.4 Å². The second kappa shape index (κ2) is 15.3. The summed E-state index contributed by atoms with van der Waals surface area (Å²) in [6.07, 6.45) is 15.2. The number of ether oxygens (including phenoxy) is 1. The molecule has 0 aliphatic carbocycles. The van der Waals surface area contributed by atoms with E-state index in [9.17, 15) is 0 Å². The maximum absolute atomic E-state index is 5.67. The van der Waals surface area contributed by atoms with Gasteiger partial charge in [-0.3, -0.25) is 0 Å². The highest BCUT2D eigenvalue weighted by atomic mass is 16.5. The summed E-state index contributed by atoms with van der Waals surface area (Å²) in [5, 5.41) is 3.61. The Morgan fingerprint density at radius 1 is 0.750 bits per heavy atom. The molecule has 1 N–H and O–H groups in total. The van der Waals surface area contributed by atoms with Crippen molar-refractivity contribution in [2.75, 3.05) is 13.7 Å². The minimum Gasteiger partial charge on any atom is -0.380 e. The molecular formula is C18H39NO. The van der Waals surface area contributed by atoms with Gasteiger partial charge in [-0.1, -0.05) is 78.6 Å². The van der Waals surface area contributed by atoms with Crippen LogP contribution in [0.3, 0.4) is 0 Å². The van der Waals surface area contributed by atoms with Crippen LogP contribution >= 0.6 is 0 Å². The second-order valence-corrected chi connectivity index (χ2v) is 5.99. The zero-order valence-corrected chi connectivity index (χ0v) is 14.5. The number of likely N-dealkylation sites (N-methyl/N-ethyl adjacent to an activating group) is 1. The van der Waals surface area contributed by atoms with Gasteiger partial charge in [-0.2, -0.15) is 0 Å². The molecule has 0 aromatic heterocycles. The molecule has 0 amide bonds. The van der Waals surface area contributed by atoms with Crippen molar-refractivity contribution in [2.24, 2.45) is 0 Å². The van der Waals surface area contributed by atoms with Crippen LogP contribution < -0.4 is 5.32 Å². The Labute approximate surface area is 128 Å². The first-order valence-electron chi connectivity index (χ1n) is 9.06. The maximum atomic E-state index is 5.67. The molecule has 2 heteroatoms. The van der Waals surface area contributed by atoms with E-state index in [1.165, 1.54) is 70.6 Å². The van der Waals surface area contributed by atoms with E-state index in [4.69, 9.17) is 4.74 Å². The molecule has 0 aromatic rings. The van der Waals surface area contributed by atoms with E-state index in [2.05, 4.69) is 26.1 Å². The molecule has 20 heavy (non-hydrogen) atoms. The zero-order valence-electron chi connectivity index (χ0n) is 14.5. The lowest BCUT2D eigenvalue weighted by Crippen LogP contribution is -2.40. The summed E-state index contributed by atoms with van der Waals surface area (Å²) >= 11 is 0. The average Bonchev–Trinajstić information content (AvgIpc) is 2.46. The van der Waals surface area contributed by atoms with Crippen LogP contribution in [0.2, 0.25) is 0 Å². The van der Waals surface area contributed by atoms with Gasteiger partial charge >= 0.3 is 0 Å². The van der Waals surface area contributed by atoms with E-state index in [0.29, 0.717) is 12.1 Å². The first-order valence-corrected chi connectivity index (χ1v) is 9.06. The number of hydrogen-bond acceptors (Lipinski definition) is 2. The third kappa shape index (κ3) is 10.7. The van der Waals surface area contributed by atoms with Crippen LogP contribution in [0.4, 0.5) is 0 Å². The van der Waals surface area contributed by atoms with Gasteiger partial charge in [0.15, 0.2) is 0 Å². The van der Waals surface area contributed by atoms with Crippen LogP contribution in [0.15, 0.2) is 0 Å². The predicted octanol–water partition coefficient (Wildman–Crippen LogP) is 5.31. The summed E-state index contributed by atoms with van der Waals surface area (Å²) < 4.78 is 5.67. The molecule has 0 aliphatic rings. The number of unbranched alkanes of at least 4 members (excludes halogenated alkanes) is 7. The Morgan fingerprint density at radius 2 is 1.35 bits per heavy atom. The lowest BCUT2D eigenvalue weighted by molar-refractivity contribution is 0.0577. The smallest absolute Gasteiger partial charge is 0.0724 e. The highest BCUT2D eigenvalue weighted by Crippen LogP contribution is 2.15. The molecule has 0 heterocycles. The van der Waals surface area contributed by atoms with E-state index in [1.807, 2.05) is 7.11 Å². The highest BCUT2D eigenvalue weighted by Gasteiger charge is 2.18. The van der Waals surface area contributed by atoms with Gasteiger partial charge in [-0.05, 0) is 19.4 Å². The topological polar surface area (TPSA) is 21.3 Å². The van der Waals surface area contributed by atoms with Crippen molar-refractivity contribution >= 4 is 0 Å². The first kappa shape index (κ1) is 19.9. The lowest BCUT2D eigenvalue weighted by Gasteiger charge is -2.26. The molecule has 2 nitrogen and oxygen atoms in total. The fourth-order valence-electron chi connectivity index (χ4n) is 2.95. The van der Waals surface area contributed by atoms with Crippen molar-refractivity contribution in [3.63, 3.8) is 0 Å². The Hall–Kier alpha value is -0.0800. The molecule has 0 fully saturated rings. The monoisotopic (exact) mass is 285 g/mol. The van der Waals surface area contributed by atoms with E-state index in [0.717, 1.165) is 6.54 Å². The zero-order chi connectivity index (χ0) is 15.1. The third-order valence-electron chi connectivity index (χ3n) is 4.16. The van der Waals surface area contributed by atoms with Gasteiger partial charge in [0.25, 0.3) is 0 Å². The van der Waals surface area contributed by atoms with Gasteiger partial charge in [0.2, 0.25) is 0 Å². The molecule has 2 unspecified atom stereocenters. The highest BCUT2D eigenvalue weighted by molar-refractivity contribution is 4.76. The van der Waals surface area contributed by atoms with E-state index in [-0.39, 0.29) is 0 Å². The number of nitrogens with one attached hydrogen (secondary N) is 1. The minimum atomic E-state index is 0.393. The van der Waals surface area contributed by atoms with Gasteiger partial charge in [-0.15, -0.1) is 0 Å². The van der Waals surface area contributed by atoms with Crippen LogP contribution in [0.5, 0.6) is 0 Å². The summed E-state index contributed by atoms with van der Waals surface area (Å²) in [6, 6.07) is 0.546. The van der Waals surface area contributed by atoms with Gasteiger partial charge in [0, 0.05) is 13.2 Å². The van der Waals surface area contributed by atoms with Crippen LogP contribution in [-0.4, -0.2) is 25.8 Å². The van der Waals surface area contributed by atoms with Crippen LogP contribution in [0, 0.1) is 0 Å². The second-order valence-electron chi connectivity index (χ2n) is 5.99. The van der Waals surface area contributed by atoms with Gasteiger partial charge < -0.3 is 10.1 Å². The quantitative estimate of drug-likeness (QED) is 0.412. The summed E-state index contributed by atoms with van der Waals surface area (Å²) in [5.41, 5.74) is 0. The third-order valence-corrected chi connectivity index (χ3v) is 4.16. The summed E-state index contributed by atoms with van der Waals surface area (Å²) in [7, 11) is 1.86. The predicted molar refractivity (Wildman–Crippen MR) is 90.4 cm³/mol. The molecule has 0 saturated carbocycles. The van der Waals surface area contributed by atoms with Gasteiger partial charge in [-0.25, -0.2) is 0 Å². The molecular weight excluding hydrogens is 246 g/mol. The SMILES string of the molecule is CCCCCCCCCCC(NCC)C(CCC)OC. The average molecular weight is 286 g/mol. The molecule has 2 atom stereocenters. The lowest BCUT2D eigenvalue weighted by atomic mass is 9.98. The molecule has 0 rings (SSSR count). The van der Waals surface area contributed by atoms with Crippen molar-refractivity contribution in [1.82, 2.24) is 5.32 Å². The molecule has 0 saturated heterocycles. The number of rotatable bonds is 15.